The van der Waals surface area contributed by atoms with Gasteiger partial charge >= 0.3 is 0 Å². The fraction of sp³-hybridized carbons (Fsp3) is 0.209. The number of nitrogens with zero attached hydrogens (tertiary/aromatic N) is 1. The topological polar surface area (TPSA) is 3.24 Å². The van der Waals surface area contributed by atoms with Gasteiger partial charge in [0.05, 0.1) is 5.69 Å². The van der Waals surface area contributed by atoms with Gasteiger partial charge in [0.2, 0.25) is 0 Å². The smallest absolute Gasteiger partial charge is 0.0540 e. The van der Waals surface area contributed by atoms with Crippen LogP contribution >= 0.6 is 0 Å². The fourth-order valence-electron chi connectivity index (χ4n) is 8.08. The molecule has 0 saturated heterocycles. The van der Waals surface area contributed by atoms with Crippen molar-refractivity contribution in [3.05, 3.63) is 150 Å². The highest BCUT2D eigenvalue weighted by atomic mass is 15.1. The van der Waals surface area contributed by atoms with Crippen molar-refractivity contribution in [3.8, 4) is 22.3 Å². The van der Waals surface area contributed by atoms with E-state index in [4.69, 9.17) is 0 Å². The van der Waals surface area contributed by atoms with Gasteiger partial charge in [0, 0.05) is 22.4 Å². The Bertz CT molecular complexity index is 1970. The van der Waals surface area contributed by atoms with Crippen molar-refractivity contribution >= 4 is 27.8 Å². The quantitative estimate of drug-likeness (QED) is 0.200. The van der Waals surface area contributed by atoms with Crippen LogP contribution in [-0.2, 0) is 5.41 Å². The largest absolute Gasteiger partial charge is 0.310 e. The number of rotatable bonds is 5. The molecule has 6 aromatic rings. The van der Waals surface area contributed by atoms with Gasteiger partial charge in [-0.1, -0.05) is 136 Å². The van der Waals surface area contributed by atoms with Crippen LogP contribution in [-0.4, -0.2) is 0 Å². The molecule has 0 N–H and O–H groups in total. The van der Waals surface area contributed by atoms with Crippen LogP contribution in [0.15, 0.2) is 133 Å². The zero-order valence-electron chi connectivity index (χ0n) is 25.8. The summed E-state index contributed by atoms with van der Waals surface area (Å²) in [6, 6.07) is 49.7. The summed E-state index contributed by atoms with van der Waals surface area (Å²) < 4.78 is 0. The van der Waals surface area contributed by atoms with E-state index in [1.54, 1.807) is 0 Å². The van der Waals surface area contributed by atoms with E-state index in [-0.39, 0.29) is 5.41 Å². The number of benzene rings is 6. The average molecular weight is 570 g/mol. The molecule has 1 heteroatoms. The van der Waals surface area contributed by atoms with Crippen molar-refractivity contribution in [1.82, 2.24) is 0 Å². The summed E-state index contributed by atoms with van der Waals surface area (Å²) in [5.74, 6) is 0.631. The van der Waals surface area contributed by atoms with Gasteiger partial charge in [0.1, 0.15) is 0 Å². The van der Waals surface area contributed by atoms with Crippen LogP contribution in [0.4, 0.5) is 17.1 Å². The minimum absolute atomic E-state index is 0.0612. The Balaban J connectivity index is 1.34. The van der Waals surface area contributed by atoms with Crippen LogP contribution in [0.1, 0.15) is 68.6 Å². The van der Waals surface area contributed by atoms with Crippen LogP contribution in [0, 0.1) is 0 Å². The summed E-state index contributed by atoms with van der Waals surface area (Å²) in [4.78, 5) is 2.47. The summed E-state index contributed by atoms with van der Waals surface area (Å²) in [7, 11) is 0. The van der Waals surface area contributed by atoms with Gasteiger partial charge in [-0.2, -0.15) is 0 Å². The Labute approximate surface area is 261 Å². The van der Waals surface area contributed by atoms with Gasteiger partial charge in [-0.05, 0) is 93.2 Å². The predicted molar refractivity (Wildman–Crippen MR) is 187 cm³/mol. The summed E-state index contributed by atoms with van der Waals surface area (Å²) in [6.45, 7) is 4.73. The first-order valence-electron chi connectivity index (χ1n) is 16.3. The second-order valence-corrected chi connectivity index (χ2v) is 13.2. The highest BCUT2D eigenvalue weighted by Crippen LogP contribution is 2.51. The van der Waals surface area contributed by atoms with Crippen LogP contribution in [0.5, 0.6) is 0 Å². The van der Waals surface area contributed by atoms with E-state index in [1.807, 2.05) is 0 Å². The zero-order chi connectivity index (χ0) is 29.7. The number of hydrogen-bond donors (Lipinski definition) is 0. The maximum absolute atomic E-state index is 2.47. The van der Waals surface area contributed by atoms with Crippen molar-refractivity contribution in [1.29, 1.82) is 0 Å². The summed E-state index contributed by atoms with van der Waals surface area (Å²) in [6.07, 6.45) is 6.61. The molecule has 8 rings (SSSR count). The summed E-state index contributed by atoms with van der Waals surface area (Å²) in [5, 5.41) is 2.76. The molecule has 0 atom stereocenters. The first-order chi connectivity index (χ1) is 21.6. The molecule has 0 bridgehead atoms. The zero-order valence-corrected chi connectivity index (χ0v) is 25.8. The molecular weight excluding hydrogens is 530 g/mol. The van der Waals surface area contributed by atoms with Gasteiger partial charge in [0.25, 0.3) is 0 Å². The maximum atomic E-state index is 2.47. The fourth-order valence-corrected chi connectivity index (χ4v) is 8.08. The lowest BCUT2D eigenvalue weighted by Crippen LogP contribution is -2.16. The van der Waals surface area contributed by atoms with E-state index >= 15 is 0 Å². The molecule has 2 aliphatic carbocycles. The molecule has 2 aliphatic rings. The Kier molecular flexibility index (Phi) is 6.64. The van der Waals surface area contributed by atoms with Crippen LogP contribution in [0.3, 0.4) is 0 Å². The lowest BCUT2D eigenvalue weighted by atomic mass is 9.80. The number of para-hydroxylation sites is 2. The van der Waals surface area contributed by atoms with E-state index in [9.17, 15) is 0 Å². The standard InChI is InChI=1S/C43H39N/c1-43(2)39-25-11-9-21-35(39)36-28-27-33(29-40(36)43)44(32-19-7-4-8-20-32)41-26-12-10-22-37(41)38-24-14-18-31-17-13-23-34(42(31)38)30-15-5-3-6-16-30/h4,7-14,17-30H,3,5-6,15-16H2,1-2H3. The molecule has 0 aromatic heterocycles. The molecule has 0 heterocycles. The van der Waals surface area contributed by atoms with Crippen molar-refractivity contribution in [2.75, 3.05) is 4.90 Å². The Morgan fingerprint density at radius 2 is 1.18 bits per heavy atom. The predicted octanol–water partition coefficient (Wildman–Crippen LogP) is 12.3. The second kappa shape index (κ2) is 10.8. The van der Waals surface area contributed by atoms with Gasteiger partial charge < -0.3 is 4.90 Å². The Hall–Kier alpha value is -4.62. The normalized spacial score (nSPS) is 15.6. The highest BCUT2D eigenvalue weighted by Gasteiger charge is 2.36. The third-order valence-corrected chi connectivity index (χ3v) is 10.3. The first-order valence-corrected chi connectivity index (χ1v) is 16.3. The van der Waals surface area contributed by atoms with Crippen molar-refractivity contribution < 1.29 is 0 Å². The minimum atomic E-state index is -0.0612. The number of fused-ring (bicyclic) bond motifs is 4. The third-order valence-electron chi connectivity index (χ3n) is 10.3. The minimum Gasteiger partial charge on any atom is -0.310 e. The van der Waals surface area contributed by atoms with Gasteiger partial charge in [-0.25, -0.2) is 0 Å². The molecule has 1 nitrogen and oxygen atoms in total. The summed E-state index contributed by atoms with van der Waals surface area (Å²) >= 11 is 0. The van der Waals surface area contributed by atoms with E-state index in [0.29, 0.717) is 5.92 Å². The molecule has 0 unspecified atom stereocenters. The van der Waals surface area contributed by atoms with Gasteiger partial charge in [0.15, 0.2) is 0 Å². The lowest BCUT2D eigenvalue weighted by Gasteiger charge is -2.30. The van der Waals surface area contributed by atoms with Crippen molar-refractivity contribution in [2.45, 2.75) is 57.3 Å². The highest BCUT2D eigenvalue weighted by molar-refractivity contribution is 6.03. The molecule has 0 spiro atoms. The Morgan fingerprint density at radius 1 is 0.523 bits per heavy atom. The molecule has 44 heavy (non-hydrogen) atoms. The lowest BCUT2D eigenvalue weighted by molar-refractivity contribution is 0.445. The van der Waals surface area contributed by atoms with Crippen LogP contribution < -0.4 is 4.90 Å². The average Bonchev–Trinajstić information content (AvgIpc) is 3.31. The maximum Gasteiger partial charge on any atom is 0.0540 e. The number of anilines is 3. The molecule has 1 saturated carbocycles. The molecule has 6 aromatic carbocycles. The summed E-state index contributed by atoms with van der Waals surface area (Å²) in [5.41, 5.74) is 13.1. The van der Waals surface area contributed by atoms with E-state index in [2.05, 4.69) is 152 Å². The van der Waals surface area contributed by atoms with Crippen molar-refractivity contribution in [3.63, 3.8) is 0 Å². The molecular formula is C43H39N. The molecule has 1 fully saturated rings. The second-order valence-electron chi connectivity index (χ2n) is 13.2. The Morgan fingerprint density at radius 3 is 2.00 bits per heavy atom. The van der Waals surface area contributed by atoms with E-state index < -0.39 is 0 Å². The van der Waals surface area contributed by atoms with E-state index in [0.717, 1.165) is 0 Å². The van der Waals surface area contributed by atoms with Gasteiger partial charge in [-0.15, -0.1) is 0 Å². The van der Waals surface area contributed by atoms with Crippen LogP contribution in [0.25, 0.3) is 33.0 Å². The van der Waals surface area contributed by atoms with Gasteiger partial charge in [-0.3, -0.25) is 0 Å². The van der Waals surface area contributed by atoms with Crippen molar-refractivity contribution in [2.24, 2.45) is 0 Å². The van der Waals surface area contributed by atoms with E-state index in [1.165, 1.54) is 98.9 Å². The third kappa shape index (κ3) is 4.37. The monoisotopic (exact) mass is 569 g/mol. The molecule has 0 radical (unpaired) electrons. The molecule has 0 amide bonds. The van der Waals surface area contributed by atoms with Crippen LogP contribution in [0.2, 0.25) is 0 Å². The SMILES string of the molecule is CC1(C)c2ccccc2-c2ccc(N(c3ccccc3)c3ccccc3-c3cccc4cccc(C5CCCCC5)c34)cc21. The number of hydrogen-bond acceptors (Lipinski definition) is 1. The molecule has 0 aliphatic heterocycles. The first kappa shape index (κ1) is 27.0. The molecule has 216 valence electrons.